The third-order valence-electron chi connectivity index (χ3n) is 1.44. The first-order valence-electron chi connectivity index (χ1n) is 3.79. The predicted octanol–water partition coefficient (Wildman–Crippen LogP) is 2.67. The van der Waals surface area contributed by atoms with E-state index in [9.17, 15) is 21.6 Å². The number of hydrogen-bond donors (Lipinski definition) is 0. The Kier molecular flexibility index (Phi) is 2.94. The van der Waals surface area contributed by atoms with Crippen LogP contribution in [0.1, 0.15) is 5.56 Å². The van der Waals surface area contributed by atoms with E-state index in [2.05, 4.69) is 4.72 Å². The zero-order valence-electron chi connectivity index (χ0n) is 7.62. The zero-order chi connectivity index (χ0) is 11.7. The second-order valence-corrected chi connectivity index (χ2v) is 4.52. The van der Waals surface area contributed by atoms with Crippen LogP contribution in [0.4, 0.5) is 18.9 Å². The molecule has 15 heavy (non-hydrogen) atoms. The summed E-state index contributed by atoms with van der Waals surface area (Å²) in [5.41, 5.74) is -1.15. The Morgan fingerprint density at radius 1 is 1.27 bits per heavy atom. The third-order valence-corrected chi connectivity index (χ3v) is 1.99. The minimum absolute atomic E-state index is 0.229. The van der Waals surface area contributed by atoms with Gasteiger partial charge in [-0.1, -0.05) is 24.3 Å². The van der Waals surface area contributed by atoms with Gasteiger partial charge in [0.05, 0.1) is 15.6 Å². The second-order valence-electron chi connectivity index (χ2n) is 2.87. The van der Waals surface area contributed by atoms with Crippen molar-refractivity contribution < 1.29 is 21.6 Å². The van der Waals surface area contributed by atoms with Crippen LogP contribution in [-0.4, -0.2) is 14.7 Å². The lowest BCUT2D eigenvalue weighted by molar-refractivity contribution is -0.137. The van der Waals surface area contributed by atoms with Crippen LogP contribution in [0.2, 0.25) is 0 Å². The molecule has 0 N–H and O–H groups in total. The molecule has 0 aromatic heterocycles. The maximum absolute atomic E-state index is 12.2. The van der Waals surface area contributed by atoms with Crippen molar-refractivity contribution in [2.24, 2.45) is 0 Å². The lowest BCUT2D eigenvalue weighted by atomic mass is 10.2. The molecule has 0 bridgehead atoms. The molecule has 0 atom stereocenters. The van der Waals surface area contributed by atoms with E-state index in [4.69, 9.17) is 0 Å². The Morgan fingerprint density at radius 2 is 1.87 bits per heavy atom. The molecule has 0 radical (unpaired) electrons. The van der Waals surface area contributed by atoms with Gasteiger partial charge in [0, 0.05) is 6.26 Å². The van der Waals surface area contributed by atoms with Crippen LogP contribution < -0.4 is 0 Å². The number of sulfonamides is 1. The highest BCUT2D eigenvalue weighted by molar-refractivity contribution is 7.93. The molecule has 1 rings (SSSR count). The fraction of sp³-hybridized carbons (Fsp3) is 0.250. The summed E-state index contributed by atoms with van der Waals surface area (Å²) >= 11 is 0. The highest BCUT2D eigenvalue weighted by Gasteiger charge is 2.29. The van der Waals surface area contributed by atoms with Crippen LogP contribution in [0.5, 0.6) is 0 Å². The summed E-state index contributed by atoms with van der Waals surface area (Å²) in [5.74, 6) is 0. The van der Waals surface area contributed by atoms with E-state index in [-0.39, 0.29) is 5.69 Å². The highest BCUT2D eigenvalue weighted by atomic mass is 32.2. The van der Waals surface area contributed by atoms with Crippen molar-refractivity contribution in [1.29, 1.82) is 0 Å². The number of benzene rings is 1. The molecule has 0 aliphatic carbocycles. The Morgan fingerprint density at radius 3 is 2.33 bits per heavy atom. The zero-order valence-corrected chi connectivity index (χ0v) is 8.43. The fourth-order valence-corrected chi connectivity index (χ4v) is 1.43. The van der Waals surface area contributed by atoms with Gasteiger partial charge >= 0.3 is 6.18 Å². The highest BCUT2D eigenvalue weighted by Crippen LogP contribution is 2.33. The lowest BCUT2D eigenvalue weighted by Gasteiger charge is -2.19. The number of halogens is 3. The average Bonchev–Trinajstić information content (AvgIpc) is 1.99. The van der Waals surface area contributed by atoms with Gasteiger partial charge in [-0.2, -0.15) is 13.2 Å². The lowest BCUT2D eigenvalue weighted by Crippen LogP contribution is -2.04. The fourth-order valence-electron chi connectivity index (χ4n) is 0.930. The van der Waals surface area contributed by atoms with E-state index in [1.807, 2.05) is 0 Å². The molecule has 0 unspecified atom stereocenters. The van der Waals surface area contributed by atoms with Crippen molar-refractivity contribution in [2.75, 3.05) is 6.26 Å². The van der Waals surface area contributed by atoms with E-state index < -0.39 is 21.8 Å². The average molecular weight is 238 g/mol. The largest absolute Gasteiger partial charge is 0.577 e. The third kappa shape index (κ3) is 3.78. The van der Waals surface area contributed by atoms with Gasteiger partial charge in [-0.05, 0) is 0 Å². The molecule has 1 aromatic carbocycles. The van der Waals surface area contributed by atoms with Crippen LogP contribution in [0, 0.1) is 0 Å². The van der Waals surface area contributed by atoms with E-state index >= 15 is 0 Å². The van der Waals surface area contributed by atoms with E-state index in [0.717, 1.165) is 18.4 Å². The first-order chi connectivity index (χ1) is 6.68. The summed E-state index contributed by atoms with van der Waals surface area (Å²) in [6.45, 7) is 0. The monoisotopic (exact) mass is 238 g/mol. The molecule has 0 saturated heterocycles. The van der Waals surface area contributed by atoms with Gasteiger partial charge in [-0.25, -0.2) is 8.42 Å². The molecular formula is C8H7F3NO2S-. The van der Waals surface area contributed by atoms with Gasteiger partial charge < -0.3 is 4.72 Å². The van der Waals surface area contributed by atoms with Crippen molar-refractivity contribution in [3.8, 4) is 0 Å². The van der Waals surface area contributed by atoms with Crippen LogP contribution in [0.25, 0.3) is 4.72 Å². The normalized spacial score (nSPS) is 12.5. The van der Waals surface area contributed by atoms with E-state index in [1.165, 1.54) is 6.07 Å². The maximum atomic E-state index is 12.2. The molecule has 3 nitrogen and oxygen atoms in total. The number of nitrogens with zero attached hydrogens (tertiary/aromatic N) is 1. The van der Waals surface area contributed by atoms with Gasteiger partial charge in [0.25, 0.3) is 0 Å². The summed E-state index contributed by atoms with van der Waals surface area (Å²) in [6.07, 6.45) is -3.68. The predicted molar refractivity (Wildman–Crippen MR) is 49.3 cm³/mol. The Balaban J connectivity index is 3.04. The molecule has 7 heteroatoms. The quantitative estimate of drug-likeness (QED) is 0.795. The molecule has 84 valence electrons. The molecule has 0 aliphatic heterocycles. The molecule has 0 heterocycles. The van der Waals surface area contributed by atoms with Gasteiger partial charge in [0.2, 0.25) is 0 Å². The summed E-state index contributed by atoms with van der Waals surface area (Å²) in [7, 11) is -3.68. The van der Waals surface area contributed by atoms with Crippen molar-refractivity contribution in [3.63, 3.8) is 0 Å². The van der Waals surface area contributed by atoms with Crippen LogP contribution in [-0.2, 0) is 16.2 Å². The van der Waals surface area contributed by atoms with Crippen LogP contribution >= 0.6 is 0 Å². The number of alkyl halides is 3. The molecule has 0 spiro atoms. The molecule has 0 aliphatic rings. The first kappa shape index (κ1) is 11.8. The molecular weight excluding hydrogens is 231 g/mol. The molecule has 0 saturated carbocycles. The summed E-state index contributed by atoms with van der Waals surface area (Å²) in [5, 5.41) is 0. The minimum Gasteiger partial charge on any atom is -0.577 e. The SMILES string of the molecule is CS(=O)(=O)[N-]c1cccc(C(F)(F)F)c1. The van der Waals surface area contributed by atoms with Crippen molar-refractivity contribution in [3.05, 3.63) is 34.6 Å². The molecule has 0 amide bonds. The number of hydrogen-bond acceptors (Lipinski definition) is 2. The smallest absolute Gasteiger partial charge is 0.416 e. The topological polar surface area (TPSA) is 48.2 Å². The van der Waals surface area contributed by atoms with E-state index in [0.29, 0.717) is 6.07 Å². The van der Waals surface area contributed by atoms with Crippen LogP contribution in [0.3, 0.4) is 0 Å². The maximum Gasteiger partial charge on any atom is 0.416 e. The summed E-state index contributed by atoms with van der Waals surface area (Å²) < 4.78 is 61.2. The second kappa shape index (κ2) is 3.73. The van der Waals surface area contributed by atoms with Crippen molar-refractivity contribution in [1.82, 2.24) is 0 Å². The van der Waals surface area contributed by atoms with Gasteiger partial charge in [-0.15, -0.1) is 5.69 Å². The van der Waals surface area contributed by atoms with E-state index in [1.54, 1.807) is 0 Å². The molecule has 1 aromatic rings. The molecule has 0 fully saturated rings. The van der Waals surface area contributed by atoms with Gasteiger partial charge in [0.1, 0.15) is 0 Å². The Hall–Kier alpha value is -1.24. The standard InChI is InChI=1S/C8H7F3NO2S/c1-15(13,14)12-7-4-2-3-6(5-7)8(9,10)11/h2-5H,1H3/q-1. The van der Waals surface area contributed by atoms with Crippen LogP contribution in [0.15, 0.2) is 24.3 Å². The minimum atomic E-state index is -4.50. The van der Waals surface area contributed by atoms with Crippen molar-refractivity contribution >= 4 is 15.7 Å². The Bertz CT molecular complexity index is 453. The first-order valence-corrected chi connectivity index (χ1v) is 5.63. The van der Waals surface area contributed by atoms with Gasteiger partial charge in [-0.3, -0.25) is 0 Å². The van der Waals surface area contributed by atoms with Gasteiger partial charge in [0.15, 0.2) is 0 Å². The number of rotatable bonds is 2. The summed E-state index contributed by atoms with van der Waals surface area (Å²) in [4.78, 5) is 0. The Labute approximate surface area is 85.0 Å². The van der Waals surface area contributed by atoms with Crippen molar-refractivity contribution in [2.45, 2.75) is 6.18 Å². The summed E-state index contributed by atoms with van der Waals surface area (Å²) in [6, 6.07) is 3.82.